The van der Waals surface area contributed by atoms with Crippen molar-refractivity contribution in [2.75, 3.05) is 0 Å². The molecule has 138 valence electrons. The lowest BCUT2D eigenvalue weighted by Crippen LogP contribution is -2.43. The van der Waals surface area contributed by atoms with E-state index in [4.69, 9.17) is 4.74 Å². The Hall–Kier alpha value is -2.89. The third kappa shape index (κ3) is 2.85. The zero-order chi connectivity index (χ0) is 18.5. The Morgan fingerprint density at radius 1 is 1.22 bits per heavy atom. The van der Waals surface area contributed by atoms with Crippen LogP contribution in [0.5, 0.6) is 11.6 Å². The lowest BCUT2D eigenvalue weighted by Gasteiger charge is -2.34. The minimum absolute atomic E-state index is 0.135. The van der Waals surface area contributed by atoms with E-state index in [2.05, 4.69) is 33.6 Å². The highest BCUT2D eigenvalue weighted by atomic mass is 16.5. The average molecular weight is 362 g/mol. The number of carbonyl (C=O) groups excluding carboxylic acids is 1. The van der Waals surface area contributed by atoms with E-state index >= 15 is 0 Å². The zero-order valence-electron chi connectivity index (χ0n) is 15.6. The first kappa shape index (κ1) is 16.3. The number of fused-ring (bicyclic) bond motifs is 2. The predicted molar refractivity (Wildman–Crippen MR) is 101 cm³/mol. The quantitative estimate of drug-likeness (QED) is 0.716. The smallest absolute Gasteiger partial charge is 0.226 e. The van der Waals surface area contributed by atoms with E-state index in [9.17, 15) is 4.79 Å². The molecule has 3 aromatic rings. The highest BCUT2D eigenvalue weighted by Gasteiger charge is 2.38. The molecule has 27 heavy (non-hydrogen) atoms. The Kier molecular flexibility index (Phi) is 3.67. The van der Waals surface area contributed by atoms with Crippen LogP contribution in [0.4, 0.5) is 0 Å². The SMILES string of the molecule is C[C@H]1Cc2c(ncnc2Oc2ccc3c(ccn3C)c2)CN1C(=O)C1CC1. The van der Waals surface area contributed by atoms with Crippen LogP contribution < -0.4 is 4.74 Å². The minimum atomic E-state index is 0.135. The second kappa shape index (κ2) is 6.08. The summed E-state index contributed by atoms with van der Waals surface area (Å²) in [7, 11) is 2.03. The Balaban J connectivity index is 1.44. The standard InChI is InChI=1S/C21H22N4O2/c1-13-9-17-18(11-25(13)21(26)14-3-4-14)22-12-23-20(17)27-16-5-6-19-15(10-16)7-8-24(19)2/h5-8,10,12-14H,3-4,9,11H2,1-2H3/t13-/m0/s1. The fourth-order valence-corrected chi connectivity index (χ4v) is 3.88. The summed E-state index contributed by atoms with van der Waals surface area (Å²) in [6.07, 6.45) is 6.33. The molecule has 1 fully saturated rings. The molecular formula is C21H22N4O2. The highest BCUT2D eigenvalue weighted by molar-refractivity contribution is 5.82. The Morgan fingerprint density at radius 3 is 2.89 bits per heavy atom. The molecule has 1 saturated carbocycles. The van der Waals surface area contributed by atoms with Gasteiger partial charge in [-0.15, -0.1) is 0 Å². The van der Waals surface area contributed by atoms with Gasteiger partial charge in [0, 0.05) is 41.7 Å². The summed E-state index contributed by atoms with van der Waals surface area (Å²) >= 11 is 0. The lowest BCUT2D eigenvalue weighted by molar-refractivity contribution is -0.135. The summed E-state index contributed by atoms with van der Waals surface area (Å²) in [6.45, 7) is 2.64. The van der Waals surface area contributed by atoms with Crippen LogP contribution in [0.3, 0.4) is 0 Å². The second-order valence-corrected chi connectivity index (χ2v) is 7.65. The Bertz CT molecular complexity index is 1040. The van der Waals surface area contributed by atoms with Crippen molar-refractivity contribution in [2.45, 2.75) is 38.8 Å². The molecule has 1 aliphatic heterocycles. The highest BCUT2D eigenvalue weighted by Crippen LogP contribution is 2.36. The average Bonchev–Trinajstić information content (AvgIpc) is 3.45. The molecule has 6 heteroatoms. The summed E-state index contributed by atoms with van der Waals surface area (Å²) in [6, 6.07) is 8.25. The van der Waals surface area contributed by atoms with Crippen molar-refractivity contribution in [3.05, 3.63) is 48.0 Å². The summed E-state index contributed by atoms with van der Waals surface area (Å²) in [5.74, 6) is 1.85. The van der Waals surface area contributed by atoms with Gasteiger partial charge >= 0.3 is 0 Å². The molecule has 0 unspecified atom stereocenters. The van der Waals surface area contributed by atoms with Crippen LogP contribution >= 0.6 is 0 Å². The first-order valence-electron chi connectivity index (χ1n) is 9.46. The topological polar surface area (TPSA) is 60.3 Å². The first-order chi connectivity index (χ1) is 13.1. The summed E-state index contributed by atoms with van der Waals surface area (Å²) in [5, 5.41) is 1.13. The zero-order valence-corrected chi connectivity index (χ0v) is 15.6. The van der Waals surface area contributed by atoms with Crippen molar-refractivity contribution in [1.82, 2.24) is 19.4 Å². The van der Waals surface area contributed by atoms with Gasteiger partial charge in [0.25, 0.3) is 0 Å². The molecule has 1 aromatic carbocycles. The normalized spacial score (nSPS) is 19.2. The number of aryl methyl sites for hydroxylation is 1. The van der Waals surface area contributed by atoms with Crippen LogP contribution in [-0.4, -0.2) is 31.4 Å². The molecule has 6 nitrogen and oxygen atoms in total. The van der Waals surface area contributed by atoms with Crippen LogP contribution in [-0.2, 0) is 24.8 Å². The van der Waals surface area contributed by atoms with Gasteiger partial charge in [0.2, 0.25) is 11.8 Å². The van der Waals surface area contributed by atoms with Gasteiger partial charge < -0.3 is 14.2 Å². The predicted octanol–water partition coefficient (Wildman–Crippen LogP) is 3.44. The van der Waals surface area contributed by atoms with E-state index in [0.29, 0.717) is 12.4 Å². The van der Waals surface area contributed by atoms with E-state index in [0.717, 1.165) is 47.2 Å². The first-order valence-corrected chi connectivity index (χ1v) is 9.46. The van der Waals surface area contributed by atoms with Crippen molar-refractivity contribution < 1.29 is 9.53 Å². The third-order valence-corrected chi connectivity index (χ3v) is 5.63. The molecule has 2 aliphatic rings. The van der Waals surface area contributed by atoms with E-state index < -0.39 is 0 Å². The maximum Gasteiger partial charge on any atom is 0.226 e. The van der Waals surface area contributed by atoms with Crippen LogP contribution in [0.1, 0.15) is 31.0 Å². The monoisotopic (exact) mass is 362 g/mol. The maximum atomic E-state index is 12.5. The molecule has 5 rings (SSSR count). The van der Waals surface area contributed by atoms with Crippen LogP contribution in [0.25, 0.3) is 10.9 Å². The number of carbonyl (C=O) groups is 1. The number of hydrogen-bond donors (Lipinski definition) is 0. The van der Waals surface area contributed by atoms with Gasteiger partial charge in [-0.05, 0) is 50.5 Å². The van der Waals surface area contributed by atoms with Crippen LogP contribution in [0.2, 0.25) is 0 Å². The van der Waals surface area contributed by atoms with Gasteiger partial charge in [-0.1, -0.05) is 0 Å². The molecule has 3 heterocycles. The second-order valence-electron chi connectivity index (χ2n) is 7.65. The molecule has 0 N–H and O–H groups in total. The van der Waals surface area contributed by atoms with Crippen molar-refractivity contribution >= 4 is 16.8 Å². The van der Waals surface area contributed by atoms with Crippen molar-refractivity contribution in [3.8, 4) is 11.6 Å². The molecule has 0 bridgehead atoms. The van der Waals surface area contributed by atoms with Crippen molar-refractivity contribution in [2.24, 2.45) is 13.0 Å². The fraction of sp³-hybridized carbons (Fsp3) is 0.381. The van der Waals surface area contributed by atoms with E-state index in [-0.39, 0.29) is 17.9 Å². The molecule has 1 atom stereocenters. The van der Waals surface area contributed by atoms with Crippen LogP contribution in [0, 0.1) is 5.92 Å². The molecule has 0 radical (unpaired) electrons. The van der Waals surface area contributed by atoms with Gasteiger partial charge in [0.1, 0.15) is 12.1 Å². The molecule has 1 amide bonds. The Labute approximate surface area is 157 Å². The van der Waals surface area contributed by atoms with Gasteiger partial charge in [0.15, 0.2) is 0 Å². The number of nitrogens with zero attached hydrogens (tertiary/aromatic N) is 4. The third-order valence-electron chi connectivity index (χ3n) is 5.63. The number of amides is 1. The van der Waals surface area contributed by atoms with Gasteiger partial charge in [-0.3, -0.25) is 4.79 Å². The van der Waals surface area contributed by atoms with Crippen molar-refractivity contribution in [3.63, 3.8) is 0 Å². The van der Waals surface area contributed by atoms with Gasteiger partial charge in [0.05, 0.1) is 12.2 Å². The molecule has 1 aliphatic carbocycles. The summed E-state index contributed by atoms with van der Waals surface area (Å²) in [5.41, 5.74) is 3.07. The fourth-order valence-electron chi connectivity index (χ4n) is 3.88. The molecule has 0 spiro atoms. The largest absolute Gasteiger partial charge is 0.439 e. The minimum Gasteiger partial charge on any atom is -0.439 e. The number of rotatable bonds is 3. The molecule has 2 aromatic heterocycles. The van der Waals surface area contributed by atoms with E-state index in [1.165, 1.54) is 6.33 Å². The number of aromatic nitrogens is 3. The summed E-state index contributed by atoms with van der Waals surface area (Å²) in [4.78, 5) is 23.3. The Morgan fingerprint density at radius 2 is 2.07 bits per heavy atom. The van der Waals surface area contributed by atoms with Gasteiger partial charge in [-0.25, -0.2) is 9.97 Å². The lowest BCUT2D eigenvalue weighted by atomic mass is 9.99. The van der Waals surface area contributed by atoms with Crippen molar-refractivity contribution in [1.29, 1.82) is 0 Å². The summed E-state index contributed by atoms with van der Waals surface area (Å²) < 4.78 is 8.22. The van der Waals surface area contributed by atoms with Crippen LogP contribution in [0.15, 0.2) is 36.8 Å². The maximum absolute atomic E-state index is 12.5. The molecular weight excluding hydrogens is 340 g/mol. The van der Waals surface area contributed by atoms with E-state index in [1.807, 2.05) is 30.3 Å². The van der Waals surface area contributed by atoms with E-state index in [1.54, 1.807) is 0 Å². The van der Waals surface area contributed by atoms with Gasteiger partial charge in [-0.2, -0.15) is 0 Å². The number of hydrogen-bond acceptors (Lipinski definition) is 4. The number of ether oxygens (including phenoxy) is 1. The number of benzene rings is 1. The molecule has 0 saturated heterocycles.